The number of hydrogen-bond donors (Lipinski definition) is 0. The molecule has 12 heteroatoms. The van der Waals surface area contributed by atoms with Crippen molar-refractivity contribution in [2.45, 2.75) is 0 Å². The molecule has 10 heterocycles. The molecule has 482 valence electrons. The first kappa shape index (κ1) is 59.7. The van der Waals surface area contributed by atoms with Gasteiger partial charge in [-0.05, 0) is 164 Å². The summed E-state index contributed by atoms with van der Waals surface area (Å²) < 4.78 is 0. The molecule has 0 unspecified atom stereocenters. The van der Waals surface area contributed by atoms with Gasteiger partial charge in [0.25, 0.3) is 0 Å². The molecule has 0 saturated heterocycles. The SMILES string of the molecule is c1cnc2c(c1)ccc1ccc(-c3c4ccccc4c(-c4ccc5cc(-c6ccc7nc(-c8cnccn8)ccc7c6)ccc5n4)c4ccccc34)nc12.c1cnc2c(c1)ccc1ccc(-c3ccc4cc(-c5ccc6cc(-c7ccc8nc(-c9cnccn9)ccc8c7)ccc6n5)ccc4c3)nc12. The van der Waals surface area contributed by atoms with Crippen molar-refractivity contribution in [2.24, 2.45) is 0 Å². The summed E-state index contributed by atoms with van der Waals surface area (Å²) in [5.74, 6) is 0. The summed E-state index contributed by atoms with van der Waals surface area (Å²) >= 11 is 0. The standard InChI is InChI=1S/C48H28N6.C44H26N6/c1-3-9-37-35(7-1)45(36-8-2-4-10-38(36)46(37)43-21-13-30-12-11-29-6-5-23-51-47(29)48(30)54-43)42-22-17-34-27-32(15-19-40(34)53-42)31-14-18-39-33(26-31)16-20-41(52-39)44-28-49-24-25-50-44;1-2-27-3-4-28-9-14-40(50-44(28)43(27)47-19-1)34-8-6-29-22-33(7-5-30(29)23-34)38-17-12-35-24-31(10-15-37(35)48-38)32-11-16-39-36(25-32)13-18-41(49-39)42-26-45-20-21-46-42/h1-28H;1-26H. The van der Waals surface area contributed by atoms with Crippen molar-refractivity contribution in [3.63, 3.8) is 0 Å². The fraction of sp³-hybridized carbons (Fsp3) is 0. The molecular formula is C92H54N12. The number of nitrogens with zero attached hydrogens (tertiary/aromatic N) is 12. The van der Waals surface area contributed by atoms with Gasteiger partial charge >= 0.3 is 0 Å². The maximum absolute atomic E-state index is 5.30. The van der Waals surface area contributed by atoms with Crippen LogP contribution < -0.4 is 0 Å². The maximum atomic E-state index is 5.30. The summed E-state index contributed by atoms with van der Waals surface area (Å²) in [5, 5.41) is 15.5. The highest BCUT2D eigenvalue weighted by molar-refractivity contribution is 6.21. The second-order valence-electron chi connectivity index (χ2n) is 26.0. The third kappa shape index (κ3) is 10.7. The third-order valence-electron chi connectivity index (χ3n) is 19.8. The van der Waals surface area contributed by atoms with Crippen LogP contribution in [0.3, 0.4) is 0 Å². The summed E-state index contributed by atoms with van der Waals surface area (Å²) in [7, 11) is 0. The van der Waals surface area contributed by atoms with E-state index in [-0.39, 0.29) is 0 Å². The molecule has 12 nitrogen and oxygen atoms in total. The lowest BCUT2D eigenvalue weighted by atomic mass is 9.88. The second-order valence-corrected chi connectivity index (χ2v) is 26.0. The largest absolute Gasteiger partial charge is 0.261 e. The molecule has 10 aromatic heterocycles. The van der Waals surface area contributed by atoms with Gasteiger partial charge in [0.1, 0.15) is 11.4 Å². The van der Waals surface area contributed by atoms with Crippen LogP contribution in [-0.2, 0) is 0 Å². The van der Waals surface area contributed by atoms with E-state index in [0.717, 1.165) is 210 Å². The van der Waals surface area contributed by atoms with Gasteiger partial charge in [-0.3, -0.25) is 29.9 Å². The summed E-state index contributed by atoms with van der Waals surface area (Å²) in [5.41, 5.74) is 23.2. The number of hydrogen-bond acceptors (Lipinski definition) is 12. The zero-order chi connectivity index (χ0) is 68.6. The van der Waals surface area contributed by atoms with E-state index in [4.69, 9.17) is 34.9 Å². The van der Waals surface area contributed by atoms with Gasteiger partial charge < -0.3 is 0 Å². The zero-order valence-corrected chi connectivity index (χ0v) is 55.5. The summed E-state index contributed by atoms with van der Waals surface area (Å²) in [6.07, 6.45) is 13.8. The molecule has 0 spiro atoms. The minimum atomic E-state index is 0.760. The Morgan fingerprint density at radius 2 is 0.481 bits per heavy atom. The highest BCUT2D eigenvalue weighted by Crippen LogP contribution is 2.44. The predicted molar refractivity (Wildman–Crippen MR) is 422 cm³/mol. The van der Waals surface area contributed by atoms with Crippen LogP contribution in [0, 0.1) is 0 Å². The van der Waals surface area contributed by atoms with E-state index in [1.807, 2.05) is 36.7 Å². The van der Waals surface area contributed by atoms with E-state index in [1.165, 1.54) is 0 Å². The molecule has 0 aliphatic carbocycles. The van der Waals surface area contributed by atoms with Crippen molar-refractivity contribution in [3.8, 4) is 90.1 Å². The van der Waals surface area contributed by atoms with Crippen LogP contribution in [0.4, 0.5) is 0 Å². The minimum Gasteiger partial charge on any atom is -0.261 e. The molecule has 21 aromatic rings. The molecule has 0 saturated carbocycles. The van der Waals surface area contributed by atoms with Crippen LogP contribution in [-0.4, -0.2) is 59.8 Å². The normalized spacial score (nSPS) is 11.7. The lowest BCUT2D eigenvalue weighted by Crippen LogP contribution is -1.95. The third-order valence-corrected chi connectivity index (χ3v) is 19.8. The van der Waals surface area contributed by atoms with Gasteiger partial charge in [0.15, 0.2) is 0 Å². The summed E-state index contributed by atoms with van der Waals surface area (Å²) in [6, 6.07) is 97.9. The van der Waals surface area contributed by atoms with Gasteiger partial charge in [-0.1, -0.05) is 170 Å². The van der Waals surface area contributed by atoms with Crippen molar-refractivity contribution >= 4 is 120 Å². The smallest absolute Gasteiger partial charge is 0.107 e. The van der Waals surface area contributed by atoms with E-state index in [1.54, 1.807) is 37.2 Å². The van der Waals surface area contributed by atoms with Crippen molar-refractivity contribution in [3.05, 3.63) is 329 Å². The second kappa shape index (κ2) is 24.8. The van der Waals surface area contributed by atoms with E-state index in [2.05, 4.69) is 280 Å². The van der Waals surface area contributed by atoms with E-state index < -0.39 is 0 Å². The Bertz CT molecular complexity index is 7020. The highest BCUT2D eigenvalue weighted by Gasteiger charge is 2.20. The number of aromatic nitrogens is 12. The average molecular weight is 1330 g/mol. The zero-order valence-electron chi connectivity index (χ0n) is 55.5. The quantitative estimate of drug-likeness (QED) is 0.105. The molecule has 0 radical (unpaired) electrons. The van der Waals surface area contributed by atoms with Crippen LogP contribution in [0.15, 0.2) is 329 Å². The van der Waals surface area contributed by atoms with Crippen LogP contribution in [0.5, 0.6) is 0 Å². The Hall–Kier alpha value is -14.4. The Morgan fingerprint density at radius 3 is 0.894 bits per heavy atom. The molecular weight excluding hydrogens is 1270 g/mol. The summed E-state index contributed by atoms with van der Waals surface area (Å²) in [4.78, 5) is 56.8. The van der Waals surface area contributed by atoms with Gasteiger partial charge in [0.05, 0.1) is 90.7 Å². The highest BCUT2D eigenvalue weighted by atomic mass is 14.8. The van der Waals surface area contributed by atoms with E-state index in [0.29, 0.717) is 0 Å². The van der Waals surface area contributed by atoms with Crippen molar-refractivity contribution in [2.75, 3.05) is 0 Å². The van der Waals surface area contributed by atoms with Crippen molar-refractivity contribution in [1.82, 2.24) is 59.8 Å². The lowest BCUT2D eigenvalue weighted by Gasteiger charge is -2.17. The fourth-order valence-corrected chi connectivity index (χ4v) is 14.7. The predicted octanol–water partition coefficient (Wildman–Crippen LogP) is 22.1. The Morgan fingerprint density at radius 1 is 0.173 bits per heavy atom. The van der Waals surface area contributed by atoms with Crippen molar-refractivity contribution < 1.29 is 0 Å². The first-order valence-electron chi connectivity index (χ1n) is 34.4. The minimum absolute atomic E-state index is 0.760. The molecule has 0 aliphatic heterocycles. The van der Waals surface area contributed by atoms with Gasteiger partial charge in [0.2, 0.25) is 0 Å². The van der Waals surface area contributed by atoms with Gasteiger partial charge in [0, 0.05) is 103 Å². The number of benzene rings is 11. The molecule has 21 rings (SSSR count). The number of rotatable bonds is 8. The maximum Gasteiger partial charge on any atom is 0.107 e. The van der Waals surface area contributed by atoms with Crippen LogP contribution in [0.25, 0.3) is 210 Å². The first-order chi connectivity index (χ1) is 51.5. The first-order valence-corrected chi connectivity index (χ1v) is 34.4. The van der Waals surface area contributed by atoms with Gasteiger partial charge in [-0.15, -0.1) is 0 Å². The Kier molecular flexibility index (Phi) is 14.2. The van der Waals surface area contributed by atoms with Crippen LogP contribution in [0.1, 0.15) is 0 Å². The Balaban J connectivity index is 0.000000139. The monoisotopic (exact) mass is 1330 g/mol. The average Bonchev–Trinajstić information content (AvgIpc) is 0.740. The fourth-order valence-electron chi connectivity index (χ4n) is 14.7. The summed E-state index contributed by atoms with van der Waals surface area (Å²) in [6.45, 7) is 0. The Labute approximate surface area is 594 Å². The molecule has 11 aromatic carbocycles. The van der Waals surface area contributed by atoms with E-state index in [9.17, 15) is 0 Å². The molecule has 0 amide bonds. The number of fused-ring (bicyclic) bond motifs is 13. The van der Waals surface area contributed by atoms with Crippen LogP contribution >= 0.6 is 0 Å². The molecule has 0 fully saturated rings. The van der Waals surface area contributed by atoms with E-state index >= 15 is 0 Å². The van der Waals surface area contributed by atoms with Crippen LogP contribution in [0.2, 0.25) is 0 Å². The molecule has 0 bridgehead atoms. The van der Waals surface area contributed by atoms with Crippen molar-refractivity contribution in [1.29, 1.82) is 0 Å². The van der Waals surface area contributed by atoms with Gasteiger partial charge in [-0.2, -0.15) is 0 Å². The van der Waals surface area contributed by atoms with Gasteiger partial charge in [-0.25, -0.2) is 29.9 Å². The molecule has 0 N–H and O–H groups in total. The molecule has 0 atom stereocenters. The lowest BCUT2D eigenvalue weighted by molar-refractivity contribution is 1.19. The topological polar surface area (TPSA) is 155 Å². The number of pyridine rings is 8. The molecule has 0 aliphatic rings. The molecule has 104 heavy (non-hydrogen) atoms.